The lowest BCUT2D eigenvalue weighted by atomic mass is 10.0. The maximum absolute atomic E-state index is 13.3. The summed E-state index contributed by atoms with van der Waals surface area (Å²) in [4.78, 5) is 15.2. The molecule has 1 atom stereocenters. The highest BCUT2D eigenvalue weighted by Gasteiger charge is 2.24. The molecule has 0 radical (unpaired) electrons. The van der Waals surface area contributed by atoms with Gasteiger partial charge >= 0.3 is 6.03 Å². The summed E-state index contributed by atoms with van der Waals surface area (Å²) in [7, 11) is 1.61. The van der Waals surface area contributed by atoms with Crippen LogP contribution in [0.15, 0.2) is 66.9 Å². The first kappa shape index (κ1) is 22.5. The Kier molecular flexibility index (Phi) is 7.40. The molecular weight excluding hydrogens is 386 g/mol. The summed E-state index contributed by atoms with van der Waals surface area (Å²) in [5.41, 5.74) is 4.27. The van der Waals surface area contributed by atoms with Gasteiger partial charge in [0.1, 0.15) is 5.75 Å². The highest BCUT2D eigenvalue weighted by Crippen LogP contribution is 2.25. The minimum Gasteiger partial charge on any atom is -0.495 e. The normalized spacial score (nSPS) is 11.9. The van der Waals surface area contributed by atoms with Crippen molar-refractivity contribution in [2.45, 2.75) is 46.8 Å². The molecule has 0 bridgehead atoms. The number of benzene rings is 2. The van der Waals surface area contributed by atoms with Gasteiger partial charge in [0, 0.05) is 24.5 Å². The third-order valence-electron chi connectivity index (χ3n) is 5.76. The molecule has 3 aromatic rings. The number of carbonyl (C=O) groups excluding carboxylic acids is 1. The van der Waals surface area contributed by atoms with Gasteiger partial charge in [0.2, 0.25) is 0 Å². The summed E-state index contributed by atoms with van der Waals surface area (Å²) in [6.45, 7) is 9.79. The second-order valence-electron chi connectivity index (χ2n) is 8.36. The van der Waals surface area contributed by atoms with Gasteiger partial charge in [-0.15, -0.1) is 0 Å². The number of hydrogen-bond acceptors (Lipinski definition) is 2. The van der Waals surface area contributed by atoms with Crippen LogP contribution in [0.3, 0.4) is 0 Å². The van der Waals surface area contributed by atoms with Crippen molar-refractivity contribution in [3.05, 3.63) is 83.7 Å². The highest BCUT2D eigenvalue weighted by atomic mass is 16.5. The third kappa shape index (κ3) is 5.69. The first-order valence-corrected chi connectivity index (χ1v) is 10.8. The van der Waals surface area contributed by atoms with Gasteiger partial charge < -0.3 is 19.5 Å². The Morgan fingerprint density at radius 3 is 2.55 bits per heavy atom. The molecule has 0 aliphatic heterocycles. The van der Waals surface area contributed by atoms with Crippen LogP contribution in [0.25, 0.3) is 0 Å². The van der Waals surface area contributed by atoms with E-state index in [1.165, 1.54) is 11.1 Å². The number of methoxy groups -OCH3 is 1. The lowest BCUT2D eigenvalue weighted by molar-refractivity contribution is 0.168. The number of ether oxygens (including phenoxy) is 1. The van der Waals surface area contributed by atoms with Crippen LogP contribution < -0.4 is 10.1 Å². The van der Waals surface area contributed by atoms with Gasteiger partial charge in [0.05, 0.1) is 19.3 Å². The van der Waals surface area contributed by atoms with Crippen LogP contribution in [0.4, 0.5) is 10.5 Å². The highest BCUT2D eigenvalue weighted by molar-refractivity contribution is 5.91. The minimum atomic E-state index is -0.131. The monoisotopic (exact) mass is 419 g/mol. The Hall–Kier alpha value is -3.21. The number of amides is 2. The zero-order chi connectivity index (χ0) is 22.4. The number of para-hydroxylation sites is 2. The van der Waals surface area contributed by atoms with Gasteiger partial charge in [-0.05, 0) is 49.6 Å². The fraction of sp³-hybridized carbons (Fsp3) is 0.346. The van der Waals surface area contributed by atoms with E-state index in [0.29, 0.717) is 23.9 Å². The number of nitrogens with one attached hydrogen (secondary N) is 1. The summed E-state index contributed by atoms with van der Waals surface area (Å²) in [6, 6.07) is 20.1. The van der Waals surface area contributed by atoms with Gasteiger partial charge in [-0.1, -0.05) is 55.8 Å². The summed E-state index contributed by atoms with van der Waals surface area (Å²) in [5, 5.41) is 3.04. The molecule has 0 aliphatic carbocycles. The molecular formula is C26H33N3O2. The molecule has 1 aromatic heterocycles. The molecule has 1 N–H and O–H groups in total. The van der Waals surface area contributed by atoms with Crippen LogP contribution >= 0.6 is 0 Å². The zero-order valence-electron chi connectivity index (χ0n) is 19.1. The molecule has 164 valence electrons. The van der Waals surface area contributed by atoms with E-state index in [4.69, 9.17) is 4.74 Å². The first-order chi connectivity index (χ1) is 14.9. The molecule has 2 aromatic carbocycles. The smallest absolute Gasteiger partial charge is 0.322 e. The first-order valence-electron chi connectivity index (χ1n) is 10.8. The van der Waals surface area contributed by atoms with Crippen LogP contribution in [0.1, 0.15) is 37.6 Å². The van der Waals surface area contributed by atoms with Crippen LogP contribution in [0.5, 0.6) is 5.75 Å². The number of aryl methyl sites for hydroxylation is 1. The predicted molar refractivity (Wildman–Crippen MR) is 127 cm³/mol. The molecule has 31 heavy (non-hydrogen) atoms. The van der Waals surface area contributed by atoms with Gasteiger partial charge in [0.15, 0.2) is 0 Å². The standard InChI is InChI=1S/C26H33N3O2/c1-19(2)21(4)29(26(30)27-24-13-6-7-14-25(24)31-5)18-23-12-9-15-28(23)17-22-11-8-10-20(3)16-22/h6-16,19,21H,17-18H2,1-5H3,(H,27,30). The zero-order valence-corrected chi connectivity index (χ0v) is 19.1. The molecule has 5 heteroatoms. The summed E-state index contributed by atoms with van der Waals surface area (Å²) in [6.07, 6.45) is 2.08. The van der Waals surface area contributed by atoms with Crippen molar-refractivity contribution in [3.8, 4) is 5.75 Å². The van der Waals surface area contributed by atoms with Gasteiger partial charge in [-0.3, -0.25) is 0 Å². The van der Waals surface area contributed by atoms with Crippen molar-refractivity contribution in [1.82, 2.24) is 9.47 Å². The van der Waals surface area contributed by atoms with Crippen LogP contribution in [-0.2, 0) is 13.1 Å². The van der Waals surface area contributed by atoms with Gasteiger partial charge in [-0.2, -0.15) is 0 Å². The van der Waals surface area contributed by atoms with Crippen molar-refractivity contribution in [1.29, 1.82) is 0 Å². The fourth-order valence-electron chi connectivity index (χ4n) is 3.62. The topological polar surface area (TPSA) is 46.5 Å². The van der Waals surface area contributed by atoms with E-state index in [9.17, 15) is 4.79 Å². The maximum Gasteiger partial charge on any atom is 0.322 e. The van der Waals surface area contributed by atoms with Crippen molar-refractivity contribution in [2.24, 2.45) is 5.92 Å². The Morgan fingerprint density at radius 2 is 1.84 bits per heavy atom. The molecule has 5 nitrogen and oxygen atoms in total. The number of urea groups is 1. The van der Waals surface area contributed by atoms with Crippen molar-refractivity contribution < 1.29 is 9.53 Å². The van der Waals surface area contributed by atoms with Crippen LogP contribution in [0, 0.1) is 12.8 Å². The molecule has 0 saturated heterocycles. The van der Waals surface area contributed by atoms with E-state index < -0.39 is 0 Å². The van der Waals surface area contributed by atoms with Gasteiger partial charge in [-0.25, -0.2) is 4.79 Å². The molecule has 1 heterocycles. The quantitative estimate of drug-likeness (QED) is 0.492. The number of aromatic nitrogens is 1. The summed E-state index contributed by atoms with van der Waals surface area (Å²) < 4.78 is 7.61. The molecule has 2 amide bonds. The van der Waals surface area contributed by atoms with E-state index in [2.05, 4.69) is 74.1 Å². The number of rotatable bonds is 8. The van der Waals surface area contributed by atoms with Crippen molar-refractivity contribution >= 4 is 11.7 Å². The minimum absolute atomic E-state index is 0.0667. The Bertz CT molecular complexity index is 1010. The third-order valence-corrected chi connectivity index (χ3v) is 5.76. The molecule has 0 aliphatic rings. The van der Waals surface area contributed by atoms with E-state index >= 15 is 0 Å². The maximum atomic E-state index is 13.3. The second kappa shape index (κ2) is 10.2. The lowest BCUT2D eigenvalue weighted by Gasteiger charge is -2.32. The number of hydrogen-bond donors (Lipinski definition) is 1. The Morgan fingerprint density at radius 1 is 1.06 bits per heavy atom. The number of anilines is 1. The predicted octanol–water partition coefficient (Wildman–Crippen LogP) is 5.93. The van der Waals surface area contributed by atoms with Gasteiger partial charge in [0.25, 0.3) is 0 Å². The average Bonchev–Trinajstić information content (AvgIpc) is 3.18. The molecule has 0 saturated carbocycles. The van der Waals surface area contributed by atoms with E-state index in [0.717, 1.165) is 12.2 Å². The van der Waals surface area contributed by atoms with E-state index in [1.54, 1.807) is 7.11 Å². The molecule has 0 spiro atoms. The number of carbonyl (C=O) groups is 1. The lowest BCUT2D eigenvalue weighted by Crippen LogP contribution is -2.43. The Labute approximate surface area is 185 Å². The van der Waals surface area contributed by atoms with E-state index in [1.807, 2.05) is 35.2 Å². The fourth-order valence-corrected chi connectivity index (χ4v) is 3.62. The van der Waals surface area contributed by atoms with Crippen LogP contribution in [-0.4, -0.2) is 28.6 Å². The molecule has 0 fully saturated rings. The van der Waals surface area contributed by atoms with Crippen LogP contribution in [0.2, 0.25) is 0 Å². The SMILES string of the molecule is COc1ccccc1NC(=O)N(Cc1cccn1Cc1cccc(C)c1)C(C)C(C)C. The van der Waals surface area contributed by atoms with Crippen molar-refractivity contribution in [2.75, 3.05) is 12.4 Å². The van der Waals surface area contributed by atoms with E-state index in [-0.39, 0.29) is 12.1 Å². The molecule has 3 rings (SSSR count). The summed E-state index contributed by atoms with van der Waals surface area (Å²) in [5.74, 6) is 0.972. The summed E-state index contributed by atoms with van der Waals surface area (Å²) >= 11 is 0. The van der Waals surface area contributed by atoms with Crippen molar-refractivity contribution in [3.63, 3.8) is 0 Å². The second-order valence-corrected chi connectivity index (χ2v) is 8.36. The molecule has 1 unspecified atom stereocenters. The number of nitrogens with zero attached hydrogens (tertiary/aromatic N) is 2. The Balaban J connectivity index is 1.82. The average molecular weight is 420 g/mol. The largest absolute Gasteiger partial charge is 0.495 e.